The molecule has 9 nitrogen and oxygen atoms in total. The maximum Gasteiger partial charge on any atom is 0.407 e. The van der Waals surface area contributed by atoms with Gasteiger partial charge in [-0.1, -0.05) is 13.8 Å². The number of fused-ring (bicyclic) bond motifs is 5. The van der Waals surface area contributed by atoms with Crippen LogP contribution in [0.15, 0.2) is 6.33 Å². The summed E-state index contributed by atoms with van der Waals surface area (Å²) in [4.78, 5) is 32.4. The van der Waals surface area contributed by atoms with E-state index in [4.69, 9.17) is 15.1 Å². The molecular formula is C24H33N7O2S. The molecule has 0 aromatic carbocycles. The van der Waals surface area contributed by atoms with E-state index in [1.54, 1.807) is 17.7 Å². The number of thiophene rings is 1. The summed E-state index contributed by atoms with van der Waals surface area (Å²) < 4.78 is 1.06. The molecule has 10 heteroatoms. The molecule has 2 aliphatic rings. The summed E-state index contributed by atoms with van der Waals surface area (Å²) in [6.45, 7) is 8.93. The van der Waals surface area contributed by atoms with E-state index in [1.165, 1.54) is 27.8 Å². The summed E-state index contributed by atoms with van der Waals surface area (Å²) >= 11 is 1.67. The highest BCUT2D eigenvalue weighted by Gasteiger charge is 2.31. The van der Waals surface area contributed by atoms with Crippen molar-refractivity contribution in [3.05, 3.63) is 17.5 Å². The lowest BCUT2D eigenvalue weighted by Crippen LogP contribution is -2.49. The minimum atomic E-state index is -0.831. The third kappa shape index (κ3) is 4.24. The molecule has 1 fully saturated rings. The minimum Gasteiger partial charge on any atom is -0.465 e. The van der Waals surface area contributed by atoms with Crippen molar-refractivity contribution in [2.45, 2.75) is 33.1 Å². The summed E-state index contributed by atoms with van der Waals surface area (Å²) in [5.41, 5.74) is 4.03. The van der Waals surface area contributed by atoms with Gasteiger partial charge in [-0.25, -0.2) is 19.7 Å². The number of nitrogens with zero attached hydrogens (tertiary/aromatic N) is 6. The van der Waals surface area contributed by atoms with Crippen molar-refractivity contribution in [2.75, 3.05) is 63.6 Å². The molecule has 0 unspecified atom stereocenters. The molecule has 1 aliphatic heterocycles. The van der Waals surface area contributed by atoms with Gasteiger partial charge in [0.25, 0.3) is 0 Å². The SMILES string of the molecule is CN(C)c1nc2sc3c(NCCN4CCN(C(=O)O)CC4)ncnc3c2c2c1CCC(C)(C)C2. The molecule has 2 N–H and O–H groups in total. The maximum absolute atomic E-state index is 11.1. The van der Waals surface area contributed by atoms with E-state index in [0.29, 0.717) is 13.1 Å². The molecule has 1 aliphatic carbocycles. The van der Waals surface area contributed by atoms with Crippen molar-refractivity contribution in [1.29, 1.82) is 0 Å². The average molecular weight is 484 g/mol. The van der Waals surface area contributed by atoms with Gasteiger partial charge in [0.15, 0.2) is 0 Å². The molecule has 1 saturated heterocycles. The Morgan fingerprint density at radius 3 is 2.68 bits per heavy atom. The lowest BCUT2D eigenvalue weighted by Gasteiger charge is -2.33. The Bertz CT molecular complexity index is 1230. The van der Waals surface area contributed by atoms with Crippen LogP contribution in [0.4, 0.5) is 16.4 Å². The third-order valence-corrected chi connectivity index (χ3v) is 8.17. The number of hydrogen-bond donors (Lipinski definition) is 2. The highest BCUT2D eigenvalue weighted by atomic mass is 32.1. The van der Waals surface area contributed by atoms with E-state index < -0.39 is 6.09 Å². The lowest BCUT2D eigenvalue weighted by atomic mass is 9.73. The fraction of sp³-hybridized carbons (Fsp3) is 0.583. The minimum absolute atomic E-state index is 0.262. The smallest absolute Gasteiger partial charge is 0.407 e. The summed E-state index contributed by atoms with van der Waals surface area (Å²) in [6, 6.07) is 0. The number of nitrogens with one attached hydrogen (secondary N) is 1. The van der Waals surface area contributed by atoms with Gasteiger partial charge in [0, 0.05) is 58.8 Å². The van der Waals surface area contributed by atoms with Crippen molar-refractivity contribution in [3.8, 4) is 0 Å². The van der Waals surface area contributed by atoms with Crippen LogP contribution < -0.4 is 10.2 Å². The monoisotopic (exact) mass is 483 g/mol. The number of amides is 1. The number of piperazine rings is 1. The van der Waals surface area contributed by atoms with Crippen LogP contribution in [0.25, 0.3) is 20.4 Å². The first-order valence-electron chi connectivity index (χ1n) is 11.9. The zero-order valence-electron chi connectivity index (χ0n) is 20.4. The van der Waals surface area contributed by atoms with Crippen LogP contribution in [-0.2, 0) is 12.8 Å². The molecule has 1 amide bonds. The van der Waals surface area contributed by atoms with Gasteiger partial charge in [-0.2, -0.15) is 0 Å². The number of carboxylic acid groups (broad SMARTS) is 1. The second-order valence-corrected chi connectivity index (χ2v) is 11.3. The predicted molar refractivity (Wildman–Crippen MR) is 137 cm³/mol. The molecule has 0 bridgehead atoms. The summed E-state index contributed by atoms with van der Waals surface area (Å²) in [7, 11) is 4.15. The van der Waals surface area contributed by atoms with Gasteiger partial charge >= 0.3 is 6.09 Å². The molecule has 0 radical (unpaired) electrons. The first-order valence-corrected chi connectivity index (χ1v) is 12.8. The quantitative estimate of drug-likeness (QED) is 0.569. The van der Waals surface area contributed by atoms with Gasteiger partial charge < -0.3 is 20.2 Å². The first-order chi connectivity index (χ1) is 16.2. The van der Waals surface area contributed by atoms with Crippen LogP contribution in [0.3, 0.4) is 0 Å². The molecule has 5 rings (SSSR count). The van der Waals surface area contributed by atoms with Gasteiger partial charge in [-0.15, -0.1) is 11.3 Å². The predicted octanol–water partition coefficient (Wildman–Crippen LogP) is 3.53. The Balaban J connectivity index is 1.43. The van der Waals surface area contributed by atoms with Gasteiger partial charge in [0.2, 0.25) is 0 Å². The van der Waals surface area contributed by atoms with Crippen molar-refractivity contribution in [3.63, 3.8) is 0 Å². The maximum atomic E-state index is 11.1. The Morgan fingerprint density at radius 2 is 1.97 bits per heavy atom. The zero-order chi connectivity index (χ0) is 24.0. The molecule has 4 heterocycles. The highest BCUT2D eigenvalue weighted by Crippen LogP contribution is 2.45. The van der Waals surface area contributed by atoms with Crippen molar-refractivity contribution < 1.29 is 9.90 Å². The largest absolute Gasteiger partial charge is 0.465 e. The Kier molecular flexibility index (Phi) is 5.97. The summed E-state index contributed by atoms with van der Waals surface area (Å²) in [5.74, 6) is 1.93. The zero-order valence-corrected chi connectivity index (χ0v) is 21.2. The van der Waals surface area contributed by atoms with E-state index in [2.05, 4.69) is 48.0 Å². The summed E-state index contributed by atoms with van der Waals surface area (Å²) in [6.07, 6.45) is 4.06. The number of pyridine rings is 1. The van der Waals surface area contributed by atoms with E-state index in [0.717, 1.165) is 65.7 Å². The normalized spacial score (nSPS) is 18.3. The van der Waals surface area contributed by atoms with E-state index in [9.17, 15) is 4.79 Å². The number of anilines is 2. The topological polar surface area (TPSA) is 97.7 Å². The molecular weight excluding hydrogens is 450 g/mol. The van der Waals surface area contributed by atoms with Crippen molar-refractivity contribution in [1.82, 2.24) is 24.8 Å². The molecule has 0 saturated carbocycles. The Morgan fingerprint density at radius 1 is 1.21 bits per heavy atom. The molecule has 34 heavy (non-hydrogen) atoms. The molecule has 3 aromatic rings. The van der Waals surface area contributed by atoms with Crippen LogP contribution in [0.1, 0.15) is 31.4 Å². The Hall–Kier alpha value is -2.72. The van der Waals surface area contributed by atoms with E-state index in [1.807, 2.05) is 0 Å². The summed E-state index contributed by atoms with van der Waals surface area (Å²) in [5, 5.41) is 13.8. The number of carbonyl (C=O) groups is 1. The number of rotatable bonds is 5. The van der Waals surface area contributed by atoms with Crippen LogP contribution in [0, 0.1) is 5.41 Å². The second kappa shape index (κ2) is 8.81. The molecule has 0 atom stereocenters. The Labute approximate surface area is 203 Å². The molecule has 182 valence electrons. The highest BCUT2D eigenvalue weighted by molar-refractivity contribution is 7.26. The van der Waals surface area contributed by atoms with E-state index in [-0.39, 0.29) is 5.41 Å². The average Bonchev–Trinajstić information content (AvgIpc) is 3.18. The first kappa shape index (κ1) is 23.0. The standard InChI is InChI=1S/C24H33N7O2S/c1-24(2)6-5-15-16(13-24)17-18-19(34-22(17)28-21(15)29(3)4)20(27-14-26-18)25-7-8-30-9-11-31(12-10-30)23(32)33/h14H,5-13H2,1-4H3,(H,32,33)(H,25,26,27). The second-order valence-electron chi connectivity index (χ2n) is 10.3. The van der Waals surface area contributed by atoms with Crippen LogP contribution >= 0.6 is 11.3 Å². The van der Waals surface area contributed by atoms with E-state index >= 15 is 0 Å². The van der Waals surface area contributed by atoms with Crippen LogP contribution in [0.5, 0.6) is 0 Å². The van der Waals surface area contributed by atoms with Gasteiger partial charge in [-0.3, -0.25) is 4.90 Å². The van der Waals surface area contributed by atoms with Gasteiger partial charge in [0.05, 0.1) is 10.2 Å². The van der Waals surface area contributed by atoms with Gasteiger partial charge in [-0.05, 0) is 35.8 Å². The molecule has 0 spiro atoms. The van der Waals surface area contributed by atoms with Crippen molar-refractivity contribution in [2.24, 2.45) is 5.41 Å². The third-order valence-electron chi connectivity index (χ3n) is 7.09. The van der Waals surface area contributed by atoms with Crippen LogP contribution in [0.2, 0.25) is 0 Å². The molecule has 3 aromatic heterocycles. The van der Waals surface area contributed by atoms with Gasteiger partial charge in [0.1, 0.15) is 22.8 Å². The fourth-order valence-corrected chi connectivity index (χ4v) is 6.30. The van der Waals surface area contributed by atoms with Crippen molar-refractivity contribution >= 4 is 49.5 Å². The fourth-order valence-electron chi connectivity index (χ4n) is 5.18. The van der Waals surface area contributed by atoms with Crippen LogP contribution in [-0.4, -0.2) is 89.3 Å². The number of hydrogen-bond acceptors (Lipinski definition) is 8. The lowest BCUT2D eigenvalue weighted by molar-refractivity contribution is 0.107. The number of aromatic nitrogens is 3.